The number of hydrogen-bond donors (Lipinski definition) is 2. The van der Waals surface area contributed by atoms with Crippen LogP contribution >= 0.6 is 0 Å². The van der Waals surface area contributed by atoms with Gasteiger partial charge in [-0.25, -0.2) is 4.79 Å². The number of nitrogens with one attached hydrogen (secondary N) is 2. The summed E-state index contributed by atoms with van der Waals surface area (Å²) in [5.41, 5.74) is 1.60. The number of carbonyl (C=O) groups is 2. The van der Waals surface area contributed by atoms with Gasteiger partial charge in [-0.2, -0.15) is 0 Å². The molecule has 1 heterocycles. The third kappa shape index (κ3) is 5.35. The number of fused-ring (bicyclic) bond motifs is 1. The minimum atomic E-state index is -0.471. The summed E-state index contributed by atoms with van der Waals surface area (Å²) in [6, 6.07) is 12.1. The summed E-state index contributed by atoms with van der Waals surface area (Å²) in [5.74, 6) is 0.0332. The van der Waals surface area contributed by atoms with E-state index in [1.165, 1.54) is 0 Å². The highest BCUT2D eigenvalue weighted by Gasteiger charge is 2.19. The van der Waals surface area contributed by atoms with Gasteiger partial charge in [-0.3, -0.25) is 9.59 Å². The zero-order valence-corrected chi connectivity index (χ0v) is 19.0. The number of aryl methyl sites for hydroxylation is 1. The topological polar surface area (TPSA) is 97.6 Å². The third-order valence-electron chi connectivity index (χ3n) is 5.03. The largest absolute Gasteiger partial charge is 0.497 e. The Hall–Kier alpha value is -3.61. The SMILES string of the molecule is COc1ccc2c(C)c(CCC(=O)Nc3ccccc3C(=O)NC(C)(C)C)c(=O)oc2c1. The quantitative estimate of drug-likeness (QED) is 0.564. The lowest BCUT2D eigenvalue weighted by Crippen LogP contribution is -2.40. The van der Waals surface area contributed by atoms with Gasteiger partial charge in [0.2, 0.25) is 5.91 Å². The summed E-state index contributed by atoms with van der Waals surface area (Å²) in [6.07, 6.45) is 0.292. The maximum absolute atomic E-state index is 12.6. The number of ether oxygens (including phenoxy) is 1. The predicted molar refractivity (Wildman–Crippen MR) is 124 cm³/mol. The second-order valence-electron chi connectivity index (χ2n) is 8.65. The summed E-state index contributed by atoms with van der Waals surface area (Å²) in [6.45, 7) is 7.50. The Kier molecular flexibility index (Phi) is 6.67. The molecule has 0 fully saturated rings. The van der Waals surface area contributed by atoms with Crippen LogP contribution in [0.2, 0.25) is 0 Å². The Morgan fingerprint density at radius 3 is 2.50 bits per heavy atom. The van der Waals surface area contributed by atoms with E-state index in [0.29, 0.717) is 28.1 Å². The summed E-state index contributed by atoms with van der Waals surface area (Å²) < 4.78 is 10.6. The van der Waals surface area contributed by atoms with Gasteiger partial charge in [0.25, 0.3) is 5.91 Å². The van der Waals surface area contributed by atoms with Crippen molar-refractivity contribution in [2.45, 2.75) is 46.1 Å². The monoisotopic (exact) mass is 436 g/mol. The van der Waals surface area contributed by atoms with E-state index in [1.54, 1.807) is 43.5 Å². The molecule has 0 aliphatic rings. The molecule has 0 saturated heterocycles. The van der Waals surface area contributed by atoms with Crippen molar-refractivity contribution in [3.63, 3.8) is 0 Å². The molecule has 3 aromatic rings. The number of benzene rings is 2. The zero-order chi connectivity index (χ0) is 23.5. The van der Waals surface area contributed by atoms with Crippen LogP contribution in [0.25, 0.3) is 11.0 Å². The fourth-order valence-corrected chi connectivity index (χ4v) is 3.44. The molecule has 0 aliphatic carbocycles. The molecule has 168 valence electrons. The van der Waals surface area contributed by atoms with Gasteiger partial charge in [0.1, 0.15) is 11.3 Å². The molecule has 1 aromatic heterocycles. The average Bonchev–Trinajstić information content (AvgIpc) is 2.72. The number of para-hydroxylation sites is 1. The maximum atomic E-state index is 12.6. The van der Waals surface area contributed by atoms with Gasteiger partial charge in [0.05, 0.1) is 18.4 Å². The molecular formula is C25H28N2O5. The van der Waals surface area contributed by atoms with Crippen molar-refractivity contribution >= 4 is 28.5 Å². The molecule has 3 rings (SSSR count). The molecule has 7 nitrogen and oxygen atoms in total. The van der Waals surface area contributed by atoms with Crippen LogP contribution in [0.1, 0.15) is 48.7 Å². The van der Waals surface area contributed by atoms with Crippen LogP contribution in [0.15, 0.2) is 51.7 Å². The molecule has 0 bridgehead atoms. The van der Waals surface area contributed by atoms with Crippen molar-refractivity contribution in [2.24, 2.45) is 0 Å². The van der Waals surface area contributed by atoms with Crippen LogP contribution in [0.5, 0.6) is 5.75 Å². The van der Waals surface area contributed by atoms with Crippen molar-refractivity contribution in [3.8, 4) is 5.75 Å². The van der Waals surface area contributed by atoms with Crippen LogP contribution in [0, 0.1) is 6.92 Å². The molecule has 0 spiro atoms. The van der Waals surface area contributed by atoms with E-state index in [4.69, 9.17) is 9.15 Å². The van der Waals surface area contributed by atoms with Crippen molar-refractivity contribution in [1.82, 2.24) is 5.32 Å². The Morgan fingerprint density at radius 2 is 1.81 bits per heavy atom. The second kappa shape index (κ2) is 9.26. The molecule has 0 atom stereocenters. The molecule has 2 aromatic carbocycles. The number of methoxy groups -OCH3 is 1. The average molecular weight is 437 g/mol. The minimum Gasteiger partial charge on any atom is -0.497 e. The van der Waals surface area contributed by atoms with Crippen LogP contribution in [-0.2, 0) is 11.2 Å². The Labute approximate surface area is 186 Å². The molecule has 32 heavy (non-hydrogen) atoms. The lowest BCUT2D eigenvalue weighted by atomic mass is 10.0. The zero-order valence-electron chi connectivity index (χ0n) is 19.0. The van der Waals surface area contributed by atoms with Crippen molar-refractivity contribution < 1.29 is 18.7 Å². The third-order valence-corrected chi connectivity index (χ3v) is 5.03. The maximum Gasteiger partial charge on any atom is 0.339 e. The molecule has 0 radical (unpaired) electrons. The Bertz CT molecular complexity index is 1220. The fourth-order valence-electron chi connectivity index (χ4n) is 3.44. The van der Waals surface area contributed by atoms with Crippen LogP contribution < -0.4 is 21.0 Å². The number of anilines is 1. The van der Waals surface area contributed by atoms with Gasteiger partial charge in [0.15, 0.2) is 0 Å². The summed E-state index contributed by atoms with van der Waals surface area (Å²) in [4.78, 5) is 37.7. The van der Waals surface area contributed by atoms with E-state index in [0.717, 1.165) is 10.9 Å². The molecular weight excluding hydrogens is 408 g/mol. The number of rotatable bonds is 6. The first-order valence-electron chi connectivity index (χ1n) is 10.4. The highest BCUT2D eigenvalue weighted by Crippen LogP contribution is 2.24. The van der Waals surface area contributed by atoms with E-state index < -0.39 is 11.2 Å². The van der Waals surface area contributed by atoms with Crippen LogP contribution in [0.3, 0.4) is 0 Å². The predicted octanol–water partition coefficient (Wildman–Crippen LogP) is 4.21. The molecule has 2 amide bonds. The van der Waals surface area contributed by atoms with Crippen molar-refractivity contribution in [3.05, 3.63) is 69.6 Å². The second-order valence-corrected chi connectivity index (χ2v) is 8.65. The van der Waals surface area contributed by atoms with Gasteiger partial charge in [-0.05, 0) is 63.9 Å². The highest BCUT2D eigenvalue weighted by atomic mass is 16.5. The van der Waals surface area contributed by atoms with Crippen molar-refractivity contribution in [2.75, 3.05) is 12.4 Å². The molecule has 0 saturated carbocycles. The number of hydrogen-bond acceptors (Lipinski definition) is 5. The summed E-state index contributed by atoms with van der Waals surface area (Å²) >= 11 is 0. The van der Waals surface area contributed by atoms with Crippen molar-refractivity contribution in [1.29, 1.82) is 0 Å². The van der Waals surface area contributed by atoms with E-state index >= 15 is 0 Å². The summed E-state index contributed by atoms with van der Waals surface area (Å²) in [5, 5.41) is 6.48. The summed E-state index contributed by atoms with van der Waals surface area (Å²) in [7, 11) is 1.55. The lowest BCUT2D eigenvalue weighted by molar-refractivity contribution is -0.116. The smallest absolute Gasteiger partial charge is 0.339 e. The van der Waals surface area contributed by atoms with Crippen LogP contribution in [0.4, 0.5) is 5.69 Å². The lowest BCUT2D eigenvalue weighted by Gasteiger charge is -2.21. The molecule has 7 heteroatoms. The van der Waals surface area contributed by atoms with E-state index in [1.807, 2.05) is 33.8 Å². The van der Waals surface area contributed by atoms with Gasteiger partial charge in [-0.15, -0.1) is 0 Å². The minimum absolute atomic E-state index is 0.0719. The Morgan fingerprint density at radius 1 is 1.09 bits per heavy atom. The van der Waals surface area contributed by atoms with Gasteiger partial charge < -0.3 is 19.8 Å². The molecule has 2 N–H and O–H groups in total. The number of amides is 2. The van der Waals surface area contributed by atoms with E-state index in [-0.39, 0.29) is 24.7 Å². The first kappa shape index (κ1) is 23.1. The van der Waals surface area contributed by atoms with Gasteiger partial charge in [0, 0.05) is 29.0 Å². The normalized spacial score (nSPS) is 11.3. The van der Waals surface area contributed by atoms with Crippen LogP contribution in [-0.4, -0.2) is 24.5 Å². The van der Waals surface area contributed by atoms with Gasteiger partial charge >= 0.3 is 5.63 Å². The van der Waals surface area contributed by atoms with E-state index in [2.05, 4.69) is 10.6 Å². The van der Waals surface area contributed by atoms with Gasteiger partial charge in [-0.1, -0.05) is 12.1 Å². The van der Waals surface area contributed by atoms with E-state index in [9.17, 15) is 14.4 Å². The first-order chi connectivity index (χ1) is 15.1. The highest BCUT2D eigenvalue weighted by molar-refractivity contribution is 6.04. The fraction of sp³-hybridized carbons (Fsp3) is 0.320. The number of carbonyl (C=O) groups excluding carboxylic acids is 2. The standard InChI is InChI=1S/C25H28N2O5/c1-15-17-11-10-16(31-5)14-21(17)32-24(30)18(15)12-13-22(28)26-20-9-7-6-8-19(20)23(29)27-25(2,3)4/h6-11,14H,12-13H2,1-5H3,(H,26,28)(H,27,29). The molecule has 0 aliphatic heterocycles. The molecule has 0 unspecified atom stereocenters. The Balaban J connectivity index is 1.76. The first-order valence-corrected chi connectivity index (χ1v) is 10.4.